The van der Waals surface area contributed by atoms with Gasteiger partial charge in [-0.3, -0.25) is 9.59 Å². The molecule has 1 aromatic carbocycles. The van der Waals surface area contributed by atoms with Gasteiger partial charge in [0, 0.05) is 37.6 Å². The fraction of sp³-hybridized carbons (Fsp3) is 0.412. The number of rotatable bonds is 1. The van der Waals surface area contributed by atoms with Gasteiger partial charge in [0.05, 0.1) is 11.1 Å². The molecule has 1 fully saturated rings. The van der Waals surface area contributed by atoms with E-state index in [1.165, 1.54) is 6.07 Å². The summed E-state index contributed by atoms with van der Waals surface area (Å²) in [6, 6.07) is 8.97. The number of carbonyl (C=O) groups excluding carboxylic acids is 1. The lowest BCUT2D eigenvalue weighted by atomic mass is 10.1. The first-order chi connectivity index (χ1) is 10.6. The predicted octanol–water partition coefficient (Wildman–Crippen LogP) is 1.49. The fourth-order valence-electron chi connectivity index (χ4n) is 3.12. The third kappa shape index (κ3) is 2.64. The summed E-state index contributed by atoms with van der Waals surface area (Å²) < 4.78 is 1.57. The van der Waals surface area contributed by atoms with Gasteiger partial charge < -0.3 is 15.2 Å². The number of nitrogens with zero attached hydrogens (tertiary/aromatic N) is 2. The van der Waals surface area contributed by atoms with Gasteiger partial charge in [0.1, 0.15) is 0 Å². The fourth-order valence-corrected chi connectivity index (χ4v) is 3.12. The number of benzene rings is 1. The highest BCUT2D eigenvalue weighted by atomic mass is 16.2. The highest BCUT2D eigenvalue weighted by molar-refractivity contribution is 6.06. The van der Waals surface area contributed by atoms with E-state index in [2.05, 4.69) is 0 Å². The van der Waals surface area contributed by atoms with E-state index in [0.717, 1.165) is 30.2 Å². The summed E-state index contributed by atoms with van der Waals surface area (Å²) in [7, 11) is 1.72. The molecular weight excluding hydrogens is 278 g/mol. The number of aromatic nitrogens is 1. The SMILES string of the molecule is Cn1c(=O)cc(C(=O)N2CCCC[C@@H](N)C2)c2ccccc21. The van der Waals surface area contributed by atoms with Gasteiger partial charge in [-0.1, -0.05) is 24.6 Å². The maximum Gasteiger partial charge on any atom is 0.254 e. The average Bonchev–Trinajstić information content (AvgIpc) is 2.75. The normalized spacial score (nSPS) is 19.2. The summed E-state index contributed by atoms with van der Waals surface area (Å²) in [6.07, 6.45) is 2.95. The van der Waals surface area contributed by atoms with E-state index in [4.69, 9.17) is 5.73 Å². The van der Waals surface area contributed by atoms with Gasteiger partial charge in [-0.15, -0.1) is 0 Å². The Labute approximate surface area is 129 Å². The van der Waals surface area contributed by atoms with E-state index in [9.17, 15) is 9.59 Å². The lowest BCUT2D eigenvalue weighted by molar-refractivity contribution is 0.0757. The lowest BCUT2D eigenvalue weighted by Gasteiger charge is -2.23. The molecule has 0 unspecified atom stereocenters. The van der Waals surface area contributed by atoms with Crippen molar-refractivity contribution in [3.05, 3.63) is 46.2 Å². The molecule has 0 bridgehead atoms. The predicted molar refractivity (Wildman–Crippen MR) is 86.9 cm³/mol. The van der Waals surface area contributed by atoms with E-state index in [0.29, 0.717) is 18.7 Å². The molecule has 1 amide bonds. The first-order valence-corrected chi connectivity index (χ1v) is 7.71. The molecule has 2 aromatic rings. The van der Waals surface area contributed by atoms with Gasteiger partial charge in [-0.2, -0.15) is 0 Å². The molecule has 5 heteroatoms. The minimum Gasteiger partial charge on any atom is -0.337 e. The molecule has 3 rings (SSSR count). The monoisotopic (exact) mass is 299 g/mol. The molecule has 22 heavy (non-hydrogen) atoms. The van der Waals surface area contributed by atoms with Crippen LogP contribution in [0.1, 0.15) is 29.6 Å². The second-order valence-electron chi connectivity index (χ2n) is 5.98. The Morgan fingerprint density at radius 1 is 1.27 bits per heavy atom. The van der Waals surface area contributed by atoms with Crippen LogP contribution in [0.3, 0.4) is 0 Å². The van der Waals surface area contributed by atoms with Crippen molar-refractivity contribution in [2.24, 2.45) is 12.8 Å². The molecule has 1 atom stereocenters. The summed E-state index contributed by atoms with van der Waals surface area (Å²) in [6.45, 7) is 1.26. The zero-order chi connectivity index (χ0) is 15.7. The minimum absolute atomic E-state index is 0.0178. The Kier molecular flexibility index (Phi) is 3.98. The van der Waals surface area contributed by atoms with Crippen LogP contribution in [0.5, 0.6) is 0 Å². The highest BCUT2D eigenvalue weighted by Crippen LogP contribution is 2.19. The van der Waals surface area contributed by atoms with Gasteiger partial charge in [0.25, 0.3) is 11.5 Å². The topological polar surface area (TPSA) is 68.3 Å². The quantitative estimate of drug-likeness (QED) is 0.867. The van der Waals surface area contributed by atoms with Crippen molar-refractivity contribution in [3.63, 3.8) is 0 Å². The molecule has 1 saturated heterocycles. The maximum absolute atomic E-state index is 12.9. The number of para-hydroxylation sites is 1. The molecule has 0 aliphatic carbocycles. The Morgan fingerprint density at radius 2 is 2.05 bits per heavy atom. The number of nitrogens with two attached hydrogens (primary N) is 1. The van der Waals surface area contributed by atoms with Crippen LogP contribution in [0.2, 0.25) is 0 Å². The van der Waals surface area contributed by atoms with Crippen LogP contribution < -0.4 is 11.3 Å². The van der Waals surface area contributed by atoms with Crippen LogP contribution in [-0.4, -0.2) is 34.5 Å². The van der Waals surface area contributed by atoms with Crippen LogP contribution in [0.4, 0.5) is 0 Å². The van der Waals surface area contributed by atoms with Crippen LogP contribution in [-0.2, 0) is 7.05 Å². The van der Waals surface area contributed by atoms with Gasteiger partial charge in [0.2, 0.25) is 0 Å². The molecule has 2 heterocycles. The summed E-state index contributed by atoms with van der Waals surface area (Å²) in [4.78, 5) is 26.8. The largest absolute Gasteiger partial charge is 0.337 e. The lowest BCUT2D eigenvalue weighted by Crippen LogP contribution is -2.40. The second-order valence-corrected chi connectivity index (χ2v) is 5.98. The first kappa shape index (κ1) is 14.8. The van der Waals surface area contributed by atoms with Crippen molar-refractivity contribution >= 4 is 16.8 Å². The zero-order valence-electron chi connectivity index (χ0n) is 12.8. The van der Waals surface area contributed by atoms with E-state index in [-0.39, 0.29) is 17.5 Å². The first-order valence-electron chi connectivity index (χ1n) is 7.71. The molecule has 5 nitrogen and oxygen atoms in total. The number of aryl methyl sites for hydroxylation is 1. The molecule has 1 aliphatic heterocycles. The third-order valence-electron chi connectivity index (χ3n) is 4.38. The van der Waals surface area contributed by atoms with Crippen molar-refractivity contribution in [3.8, 4) is 0 Å². The van der Waals surface area contributed by atoms with Crippen molar-refractivity contribution in [2.45, 2.75) is 25.3 Å². The van der Waals surface area contributed by atoms with Crippen molar-refractivity contribution < 1.29 is 4.79 Å². The number of carbonyl (C=O) groups is 1. The van der Waals surface area contributed by atoms with Crippen molar-refractivity contribution in [1.29, 1.82) is 0 Å². The van der Waals surface area contributed by atoms with E-state index >= 15 is 0 Å². The molecule has 0 radical (unpaired) electrons. The number of pyridine rings is 1. The number of hydrogen-bond donors (Lipinski definition) is 1. The summed E-state index contributed by atoms with van der Waals surface area (Å²) in [5.41, 5.74) is 7.14. The van der Waals surface area contributed by atoms with E-state index in [1.54, 1.807) is 16.5 Å². The van der Waals surface area contributed by atoms with Crippen LogP contribution in [0.15, 0.2) is 35.1 Å². The number of likely N-dealkylation sites (tertiary alicyclic amines) is 1. The zero-order valence-corrected chi connectivity index (χ0v) is 12.8. The summed E-state index contributed by atoms with van der Waals surface area (Å²) in [5, 5.41) is 0.812. The Balaban J connectivity index is 2.07. The van der Waals surface area contributed by atoms with Gasteiger partial charge in [-0.05, 0) is 18.9 Å². The Bertz CT molecular complexity index is 766. The highest BCUT2D eigenvalue weighted by Gasteiger charge is 2.23. The molecule has 116 valence electrons. The summed E-state index contributed by atoms with van der Waals surface area (Å²) in [5.74, 6) is -0.0914. The number of amides is 1. The number of hydrogen-bond acceptors (Lipinski definition) is 3. The Hall–Kier alpha value is -2.14. The van der Waals surface area contributed by atoms with Crippen molar-refractivity contribution in [1.82, 2.24) is 9.47 Å². The molecule has 0 saturated carbocycles. The summed E-state index contributed by atoms with van der Waals surface area (Å²) >= 11 is 0. The van der Waals surface area contributed by atoms with Crippen LogP contribution in [0.25, 0.3) is 10.9 Å². The van der Waals surface area contributed by atoms with Gasteiger partial charge in [-0.25, -0.2) is 0 Å². The van der Waals surface area contributed by atoms with Gasteiger partial charge >= 0.3 is 0 Å². The molecule has 2 N–H and O–H groups in total. The minimum atomic E-state index is -0.166. The second kappa shape index (κ2) is 5.93. The standard InChI is InChI=1S/C17H21N3O2/c1-19-15-8-3-2-7-13(15)14(10-16(19)21)17(22)20-9-5-4-6-12(18)11-20/h2-3,7-8,10,12H,4-6,9,11,18H2,1H3/t12-/m1/s1. The average molecular weight is 299 g/mol. The third-order valence-corrected chi connectivity index (χ3v) is 4.38. The van der Waals surface area contributed by atoms with E-state index < -0.39 is 0 Å². The molecule has 1 aromatic heterocycles. The van der Waals surface area contributed by atoms with Crippen molar-refractivity contribution in [2.75, 3.05) is 13.1 Å². The maximum atomic E-state index is 12.9. The van der Waals surface area contributed by atoms with Crippen LogP contribution in [0, 0.1) is 0 Å². The van der Waals surface area contributed by atoms with E-state index in [1.807, 2.05) is 24.3 Å². The number of fused-ring (bicyclic) bond motifs is 1. The van der Waals surface area contributed by atoms with Gasteiger partial charge in [0.15, 0.2) is 0 Å². The molecule has 0 spiro atoms. The van der Waals surface area contributed by atoms with Crippen LogP contribution >= 0.6 is 0 Å². The Morgan fingerprint density at radius 3 is 2.86 bits per heavy atom. The smallest absolute Gasteiger partial charge is 0.254 e. The molecule has 1 aliphatic rings. The molecular formula is C17H21N3O2.